The molecule has 0 spiro atoms. The summed E-state index contributed by atoms with van der Waals surface area (Å²) in [6.45, 7) is 2.83. The summed E-state index contributed by atoms with van der Waals surface area (Å²) in [6.07, 6.45) is 5.09. The van der Waals surface area contributed by atoms with Crippen molar-refractivity contribution in [2.24, 2.45) is 0 Å². The molecule has 2 atom stereocenters. The molecular formula is C9H15NO2S. The summed E-state index contributed by atoms with van der Waals surface area (Å²) in [7, 11) is -0.715. The Balaban J connectivity index is 2.26. The highest BCUT2D eigenvalue weighted by molar-refractivity contribution is 7.84. The van der Waals surface area contributed by atoms with Crippen molar-refractivity contribution in [2.75, 3.05) is 18.6 Å². The number of nitrogens with one attached hydrogen (secondary N) is 1. The molecule has 0 saturated heterocycles. The van der Waals surface area contributed by atoms with E-state index >= 15 is 0 Å². The standard InChI is InChI=1S/C9H15NO2S/c1-8(9-3-5-12-7-9)10-4-6-13(2)11/h3,5,7-8,10H,4,6H2,1-2H3. The summed E-state index contributed by atoms with van der Waals surface area (Å²) < 4.78 is 15.7. The lowest BCUT2D eigenvalue weighted by atomic mass is 10.2. The maximum Gasteiger partial charge on any atom is 0.0950 e. The second kappa shape index (κ2) is 5.19. The third-order valence-electron chi connectivity index (χ3n) is 1.88. The van der Waals surface area contributed by atoms with E-state index in [0.29, 0.717) is 5.75 Å². The second-order valence-corrected chi connectivity index (χ2v) is 4.56. The van der Waals surface area contributed by atoms with Gasteiger partial charge in [0.05, 0.1) is 12.5 Å². The van der Waals surface area contributed by atoms with Crippen LogP contribution in [0, 0.1) is 0 Å². The Morgan fingerprint density at radius 1 is 1.69 bits per heavy atom. The molecule has 1 rings (SSSR count). The minimum Gasteiger partial charge on any atom is -0.472 e. The number of furan rings is 1. The van der Waals surface area contributed by atoms with Gasteiger partial charge in [-0.05, 0) is 13.0 Å². The molecule has 0 radical (unpaired) electrons. The number of hydrogen-bond donors (Lipinski definition) is 1. The molecule has 0 bridgehead atoms. The molecule has 1 aromatic rings. The van der Waals surface area contributed by atoms with Crippen LogP contribution in [0.1, 0.15) is 18.5 Å². The first-order chi connectivity index (χ1) is 6.20. The summed E-state index contributed by atoms with van der Waals surface area (Å²) in [4.78, 5) is 0. The van der Waals surface area contributed by atoms with Gasteiger partial charge < -0.3 is 9.73 Å². The summed E-state index contributed by atoms with van der Waals surface area (Å²) in [5.41, 5.74) is 1.13. The Hall–Kier alpha value is -0.610. The second-order valence-electron chi connectivity index (χ2n) is 3.01. The molecule has 0 fully saturated rings. The largest absolute Gasteiger partial charge is 0.472 e. The molecular weight excluding hydrogens is 186 g/mol. The van der Waals surface area contributed by atoms with Crippen molar-refractivity contribution < 1.29 is 8.63 Å². The normalized spacial score (nSPS) is 15.5. The van der Waals surface area contributed by atoms with E-state index in [1.807, 2.05) is 6.07 Å². The fourth-order valence-corrected chi connectivity index (χ4v) is 1.46. The van der Waals surface area contributed by atoms with Crippen molar-refractivity contribution in [1.82, 2.24) is 5.32 Å². The summed E-state index contributed by atoms with van der Waals surface area (Å²) in [5.74, 6) is 0.697. The molecule has 2 unspecified atom stereocenters. The van der Waals surface area contributed by atoms with Crippen molar-refractivity contribution in [2.45, 2.75) is 13.0 Å². The minimum absolute atomic E-state index is 0.266. The third-order valence-corrected chi connectivity index (χ3v) is 2.66. The molecule has 74 valence electrons. The van der Waals surface area contributed by atoms with Crippen LogP contribution in [-0.2, 0) is 10.8 Å². The van der Waals surface area contributed by atoms with E-state index in [0.717, 1.165) is 12.1 Å². The maximum absolute atomic E-state index is 10.8. The molecule has 1 N–H and O–H groups in total. The first-order valence-corrected chi connectivity index (χ1v) is 5.98. The topological polar surface area (TPSA) is 42.2 Å². The fraction of sp³-hybridized carbons (Fsp3) is 0.556. The van der Waals surface area contributed by atoms with Crippen molar-refractivity contribution in [1.29, 1.82) is 0 Å². The number of rotatable bonds is 5. The van der Waals surface area contributed by atoms with Gasteiger partial charge in [-0.25, -0.2) is 0 Å². The smallest absolute Gasteiger partial charge is 0.0950 e. The van der Waals surface area contributed by atoms with Crippen LogP contribution < -0.4 is 5.32 Å². The van der Waals surface area contributed by atoms with Crippen molar-refractivity contribution in [3.63, 3.8) is 0 Å². The average molecular weight is 201 g/mol. The molecule has 0 amide bonds. The molecule has 0 aliphatic carbocycles. The molecule has 0 aliphatic heterocycles. The van der Waals surface area contributed by atoms with Gasteiger partial charge in [0, 0.05) is 41.0 Å². The van der Waals surface area contributed by atoms with Crippen molar-refractivity contribution >= 4 is 10.8 Å². The van der Waals surface area contributed by atoms with E-state index in [-0.39, 0.29) is 6.04 Å². The van der Waals surface area contributed by atoms with Gasteiger partial charge >= 0.3 is 0 Å². The lowest BCUT2D eigenvalue weighted by Crippen LogP contribution is -2.23. The third kappa shape index (κ3) is 3.74. The SMILES string of the molecule is CC(NCCS(C)=O)c1ccoc1. The highest BCUT2D eigenvalue weighted by Crippen LogP contribution is 2.11. The highest BCUT2D eigenvalue weighted by atomic mass is 32.2. The van der Waals surface area contributed by atoms with E-state index in [9.17, 15) is 4.21 Å². The predicted octanol–water partition coefficient (Wildman–Crippen LogP) is 1.31. The summed E-state index contributed by atoms with van der Waals surface area (Å²) in [6, 6.07) is 2.20. The lowest BCUT2D eigenvalue weighted by Gasteiger charge is -2.10. The van der Waals surface area contributed by atoms with E-state index in [1.54, 1.807) is 18.8 Å². The van der Waals surface area contributed by atoms with Crippen LogP contribution in [0.15, 0.2) is 23.0 Å². The Bertz CT molecular complexity index is 259. The van der Waals surface area contributed by atoms with Crippen LogP contribution in [-0.4, -0.2) is 22.8 Å². The molecule has 0 saturated carbocycles. The van der Waals surface area contributed by atoms with E-state index in [1.165, 1.54) is 0 Å². The van der Waals surface area contributed by atoms with Crippen molar-refractivity contribution in [3.05, 3.63) is 24.2 Å². The van der Waals surface area contributed by atoms with E-state index in [2.05, 4.69) is 12.2 Å². The Labute approximate surface area is 81.0 Å². The van der Waals surface area contributed by atoms with Crippen LogP contribution in [0.25, 0.3) is 0 Å². The first-order valence-electron chi connectivity index (χ1n) is 4.25. The Kier molecular flexibility index (Phi) is 4.18. The molecule has 0 aliphatic rings. The molecule has 1 heterocycles. The van der Waals surface area contributed by atoms with E-state index < -0.39 is 10.8 Å². The molecule has 1 aromatic heterocycles. The van der Waals surface area contributed by atoms with Gasteiger partial charge in [-0.3, -0.25) is 4.21 Å². The molecule has 3 nitrogen and oxygen atoms in total. The zero-order chi connectivity index (χ0) is 9.68. The molecule has 13 heavy (non-hydrogen) atoms. The molecule has 4 heteroatoms. The van der Waals surface area contributed by atoms with Crippen LogP contribution in [0.5, 0.6) is 0 Å². The van der Waals surface area contributed by atoms with Crippen LogP contribution in [0.3, 0.4) is 0 Å². The lowest BCUT2D eigenvalue weighted by molar-refractivity contribution is 0.546. The number of hydrogen-bond acceptors (Lipinski definition) is 3. The van der Waals surface area contributed by atoms with Crippen LogP contribution >= 0.6 is 0 Å². The van der Waals surface area contributed by atoms with Crippen molar-refractivity contribution in [3.8, 4) is 0 Å². The monoisotopic (exact) mass is 201 g/mol. The summed E-state index contributed by atoms with van der Waals surface area (Å²) in [5, 5.41) is 3.26. The Morgan fingerprint density at radius 2 is 2.46 bits per heavy atom. The van der Waals surface area contributed by atoms with Crippen LogP contribution in [0.2, 0.25) is 0 Å². The quantitative estimate of drug-likeness (QED) is 0.781. The van der Waals surface area contributed by atoms with Gasteiger partial charge in [0.15, 0.2) is 0 Å². The Morgan fingerprint density at radius 3 is 3.00 bits per heavy atom. The zero-order valence-corrected chi connectivity index (χ0v) is 8.76. The van der Waals surface area contributed by atoms with Gasteiger partial charge in [0.25, 0.3) is 0 Å². The van der Waals surface area contributed by atoms with Gasteiger partial charge in [-0.2, -0.15) is 0 Å². The first kappa shape index (κ1) is 10.5. The predicted molar refractivity (Wildman–Crippen MR) is 54.1 cm³/mol. The van der Waals surface area contributed by atoms with Gasteiger partial charge in [-0.1, -0.05) is 0 Å². The minimum atomic E-state index is -0.715. The van der Waals surface area contributed by atoms with E-state index in [4.69, 9.17) is 4.42 Å². The van der Waals surface area contributed by atoms with Gasteiger partial charge in [0.2, 0.25) is 0 Å². The highest BCUT2D eigenvalue weighted by Gasteiger charge is 2.04. The van der Waals surface area contributed by atoms with Gasteiger partial charge in [-0.15, -0.1) is 0 Å². The summed E-state index contributed by atoms with van der Waals surface area (Å²) >= 11 is 0. The van der Waals surface area contributed by atoms with Crippen LogP contribution in [0.4, 0.5) is 0 Å². The fourth-order valence-electron chi connectivity index (χ4n) is 1.06. The van der Waals surface area contributed by atoms with Gasteiger partial charge in [0.1, 0.15) is 0 Å². The average Bonchev–Trinajstić information content (AvgIpc) is 2.55. The zero-order valence-electron chi connectivity index (χ0n) is 7.95. The maximum atomic E-state index is 10.8. The molecule has 0 aromatic carbocycles.